The Morgan fingerprint density at radius 1 is 1.33 bits per heavy atom. The molecule has 12 heavy (non-hydrogen) atoms. The summed E-state index contributed by atoms with van der Waals surface area (Å²) in [6, 6.07) is 3.60. The molecule has 66 valence electrons. The van der Waals surface area contributed by atoms with E-state index in [0.29, 0.717) is 5.69 Å². The molecule has 0 radical (unpaired) electrons. The minimum Gasteiger partial charge on any atom is -0.397 e. The lowest BCUT2D eigenvalue weighted by Crippen LogP contribution is -1.82. The van der Waals surface area contributed by atoms with E-state index in [2.05, 4.69) is 4.98 Å². The average Bonchev–Trinajstić information content (AvgIpc) is 2.62. The Balaban J connectivity index is 0.000000127. The molecule has 0 amide bonds. The van der Waals surface area contributed by atoms with E-state index < -0.39 is 0 Å². The van der Waals surface area contributed by atoms with Crippen molar-refractivity contribution in [2.24, 2.45) is 0 Å². The Kier molecular flexibility index (Phi) is 4.16. The fraction of sp³-hybridized carbons (Fsp3) is 0.444. The Hall–Kier alpha value is -1.09. The highest BCUT2D eigenvalue weighted by Gasteiger charge is 1.94. The van der Waals surface area contributed by atoms with E-state index in [1.807, 2.05) is 0 Å². The molecule has 1 aromatic heterocycles. The van der Waals surface area contributed by atoms with Crippen LogP contribution in [0.15, 0.2) is 24.5 Å². The summed E-state index contributed by atoms with van der Waals surface area (Å²) in [5, 5.41) is 0. The van der Waals surface area contributed by atoms with Gasteiger partial charge in [0.1, 0.15) is 0 Å². The van der Waals surface area contributed by atoms with Crippen molar-refractivity contribution in [1.82, 2.24) is 4.98 Å². The van der Waals surface area contributed by atoms with Gasteiger partial charge in [0.15, 0.2) is 0 Å². The van der Waals surface area contributed by atoms with Gasteiger partial charge in [0.2, 0.25) is 0 Å². The molecule has 0 aromatic carbocycles. The van der Waals surface area contributed by atoms with Gasteiger partial charge in [0.05, 0.1) is 5.69 Å². The van der Waals surface area contributed by atoms with Crippen LogP contribution in [-0.2, 0) is 4.74 Å². The van der Waals surface area contributed by atoms with Crippen molar-refractivity contribution in [2.45, 2.75) is 12.8 Å². The van der Waals surface area contributed by atoms with Gasteiger partial charge in [0, 0.05) is 25.6 Å². The molecule has 0 saturated carbocycles. The lowest BCUT2D eigenvalue weighted by molar-refractivity contribution is 0.198. The largest absolute Gasteiger partial charge is 0.397 e. The minimum atomic E-state index is 0.711. The molecule has 1 aromatic rings. The zero-order chi connectivity index (χ0) is 8.65. The summed E-state index contributed by atoms with van der Waals surface area (Å²) in [7, 11) is 0. The number of nitrogens with two attached hydrogens (primary N) is 1. The SMILES string of the molecule is C1CCOC1.Nc1cccnc1. The third-order valence-electron chi connectivity index (χ3n) is 1.51. The van der Waals surface area contributed by atoms with Gasteiger partial charge in [-0.25, -0.2) is 0 Å². The molecule has 0 unspecified atom stereocenters. The molecule has 1 aliphatic heterocycles. The molecule has 2 rings (SSSR count). The molecule has 0 atom stereocenters. The molecule has 2 N–H and O–H groups in total. The van der Waals surface area contributed by atoms with Gasteiger partial charge in [-0.05, 0) is 25.0 Å². The fourth-order valence-corrected chi connectivity index (χ4v) is 0.886. The predicted molar refractivity (Wildman–Crippen MR) is 48.7 cm³/mol. The number of hydrogen-bond acceptors (Lipinski definition) is 3. The van der Waals surface area contributed by atoms with E-state index in [-0.39, 0.29) is 0 Å². The van der Waals surface area contributed by atoms with Crippen LogP contribution in [0.4, 0.5) is 5.69 Å². The monoisotopic (exact) mass is 166 g/mol. The number of anilines is 1. The topological polar surface area (TPSA) is 48.1 Å². The Labute approximate surface area is 72.6 Å². The molecule has 2 heterocycles. The van der Waals surface area contributed by atoms with Crippen molar-refractivity contribution >= 4 is 5.69 Å². The van der Waals surface area contributed by atoms with Crippen LogP contribution in [0.1, 0.15) is 12.8 Å². The first-order valence-corrected chi connectivity index (χ1v) is 4.13. The zero-order valence-corrected chi connectivity index (χ0v) is 7.07. The third kappa shape index (κ3) is 3.93. The summed E-state index contributed by atoms with van der Waals surface area (Å²) in [6.07, 6.45) is 5.86. The summed E-state index contributed by atoms with van der Waals surface area (Å²) >= 11 is 0. The highest BCUT2D eigenvalue weighted by molar-refractivity contribution is 5.32. The van der Waals surface area contributed by atoms with Crippen LogP contribution >= 0.6 is 0 Å². The highest BCUT2D eigenvalue weighted by atomic mass is 16.5. The molecule has 1 fully saturated rings. The average molecular weight is 166 g/mol. The number of aromatic nitrogens is 1. The van der Waals surface area contributed by atoms with Crippen molar-refractivity contribution in [3.05, 3.63) is 24.5 Å². The molecule has 0 bridgehead atoms. The van der Waals surface area contributed by atoms with Gasteiger partial charge in [-0.15, -0.1) is 0 Å². The van der Waals surface area contributed by atoms with Gasteiger partial charge in [-0.2, -0.15) is 0 Å². The fourth-order valence-electron chi connectivity index (χ4n) is 0.886. The smallest absolute Gasteiger partial charge is 0.0500 e. The first-order chi connectivity index (χ1) is 5.89. The van der Waals surface area contributed by atoms with Crippen LogP contribution in [0.5, 0.6) is 0 Å². The maximum absolute atomic E-state index is 5.30. The number of pyridine rings is 1. The van der Waals surface area contributed by atoms with E-state index in [1.54, 1.807) is 24.5 Å². The molecule has 1 saturated heterocycles. The summed E-state index contributed by atoms with van der Waals surface area (Å²) in [5.41, 5.74) is 6.01. The Morgan fingerprint density at radius 2 is 2.08 bits per heavy atom. The zero-order valence-electron chi connectivity index (χ0n) is 7.07. The predicted octanol–water partition coefficient (Wildman–Crippen LogP) is 1.46. The van der Waals surface area contributed by atoms with Gasteiger partial charge < -0.3 is 10.5 Å². The van der Waals surface area contributed by atoms with Gasteiger partial charge in [-0.1, -0.05) is 0 Å². The third-order valence-corrected chi connectivity index (χ3v) is 1.51. The number of ether oxygens (including phenoxy) is 1. The molecule has 3 nitrogen and oxygen atoms in total. The van der Waals surface area contributed by atoms with Gasteiger partial charge in [0.25, 0.3) is 0 Å². The van der Waals surface area contributed by atoms with Crippen LogP contribution in [0.2, 0.25) is 0 Å². The molecule has 0 aliphatic carbocycles. The lowest BCUT2D eigenvalue weighted by atomic mass is 10.4. The van der Waals surface area contributed by atoms with Crippen LogP contribution in [0, 0.1) is 0 Å². The molecule has 3 heteroatoms. The lowest BCUT2D eigenvalue weighted by Gasteiger charge is -1.83. The normalized spacial score (nSPS) is 15.0. The van der Waals surface area contributed by atoms with Crippen LogP contribution in [-0.4, -0.2) is 18.2 Å². The number of hydrogen-bond donors (Lipinski definition) is 1. The molecule has 1 aliphatic rings. The second kappa shape index (κ2) is 5.55. The van der Waals surface area contributed by atoms with Crippen molar-refractivity contribution in [3.8, 4) is 0 Å². The van der Waals surface area contributed by atoms with E-state index >= 15 is 0 Å². The van der Waals surface area contributed by atoms with Gasteiger partial charge in [-0.3, -0.25) is 4.98 Å². The maximum Gasteiger partial charge on any atom is 0.0500 e. The molecule has 0 spiro atoms. The van der Waals surface area contributed by atoms with E-state index in [4.69, 9.17) is 10.5 Å². The van der Waals surface area contributed by atoms with Crippen LogP contribution in [0.3, 0.4) is 0 Å². The number of nitrogens with zero attached hydrogens (tertiary/aromatic N) is 1. The Bertz CT molecular complexity index is 189. The summed E-state index contributed by atoms with van der Waals surface area (Å²) in [4.78, 5) is 3.76. The van der Waals surface area contributed by atoms with Crippen LogP contribution < -0.4 is 5.73 Å². The Morgan fingerprint density at radius 3 is 2.33 bits per heavy atom. The van der Waals surface area contributed by atoms with Crippen molar-refractivity contribution in [2.75, 3.05) is 18.9 Å². The molecular weight excluding hydrogens is 152 g/mol. The van der Waals surface area contributed by atoms with Crippen molar-refractivity contribution < 1.29 is 4.74 Å². The summed E-state index contributed by atoms with van der Waals surface area (Å²) < 4.78 is 4.94. The second-order valence-corrected chi connectivity index (χ2v) is 2.61. The van der Waals surface area contributed by atoms with E-state index in [1.165, 1.54) is 12.8 Å². The highest BCUT2D eigenvalue weighted by Crippen LogP contribution is 1.98. The van der Waals surface area contributed by atoms with Crippen molar-refractivity contribution in [3.63, 3.8) is 0 Å². The summed E-state index contributed by atoms with van der Waals surface area (Å²) in [5.74, 6) is 0. The van der Waals surface area contributed by atoms with E-state index in [0.717, 1.165) is 13.2 Å². The number of nitrogen functional groups attached to an aromatic ring is 1. The molecular formula is C9H14N2O. The van der Waals surface area contributed by atoms with E-state index in [9.17, 15) is 0 Å². The maximum atomic E-state index is 5.30. The standard InChI is InChI=1S/C5H6N2.C4H8O/c6-5-2-1-3-7-4-5;1-2-4-5-3-1/h1-4H,6H2;1-4H2. The van der Waals surface area contributed by atoms with Crippen LogP contribution in [0.25, 0.3) is 0 Å². The first kappa shape index (κ1) is 9.00. The van der Waals surface area contributed by atoms with Gasteiger partial charge >= 0.3 is 0 Å². The minimum absolute atomic E-state index is 0.711. The first-order valence-electron chi connectivity index (χ1n) is 4.13. The summed E-state index contributed by atoms with van der Waals surface area (Å²) in [6.45, 7) is 2.00. The quantitative estimate of drug-likeness (QED) is 0.634. The number of rotatable bonds is 0. The second-order valence-electron chi connectivity index (χ2n) is 2.61. The van der Waals surface area contributed by atoms with Crippen molar-refractivity contribution in [1.29, 1.82) is 0 Å².